The molecule has 0 aromatic rings. The van der Waals surface area contributed by atoms with E-state index in [0.29, 0.717) is 0 Å². The van der Waals surface area contributed by atoms with Crippen molar-refractivity contribution in [3.63, 3.8) is 0 Å². The summed E-state index contributed by atoms with van der Waals surface area (Å²) in [5, 5.41) is 0. The second kappa shape index (κ2) is 21.7. The van der Waals surface area contributed by atoms with Crippen LogP contribution in [0.2, 0.25) is 0 Å². The summed E-state index contributed by atoms with van der Waals surface area (Å²) in [5.74, 6) is -0.964. The fraction of sp³-hybridized carbons (Fsp3) is 0.875. The average molecular weight is 509 g/mol. The van der Waals surface area contributed by atoms with Crippen molar-refractivity contribution >= 4 is 11.9 Å². The van der Waals surface area contributed by atoms with E-state index >= 15 is 0 Å². The van der Waals surface area contributed by atoms with Crippen LogP contribution in [-0.4, -0.2) is 23.1 Å². The minimum absolute atomic E-state index is 0.482. The number of ether oxygens (including phenoxy) is 2. The van der Waals surface area contributed by atoms with Gasteiger partial charge in [0.1, 0.15) is 11.2 Å². The molecule has 0 atom stereocenters. The number of hydrogen-bond donors (Lipinski definition) is 0. The standard InChI is InChI=1S/C32H60O4/c1-7-9-11-13-15-17-19-21-23-27-31(3,4)35-29(33)25-26-30(34)36-32(5,6)28-24-22-20-18-16-14-12-10-8-2/h25-26H,7-24,27-28H2,1-6H3/b26-25+. The number of esters is 2. The Bertz CT molecular complexity index is 527. The average Bonchev–Trinajstić information content (AvgIpc) is 2.80. The van der Waals surface area contributed by atoms with Crippen molar-refractivity contribution in [3.05, 3.63) is 12.2 Å². The molecule has 0 aromatic carbocycles. The summed E-state index contributed by atoms with van der Waals surface area (Å²) < 4.78 is 11.2. The summed E-state index contributed by atoms with van der Waals surface area (Å²) in [6.45, 7) is 12.3. The van der Waals surface area contributed by atoms with Crippen LogP contribution in [0.1, 0.15) is 170 Å². The molecule has 0 rings (SSSR count). The molecule has 0 aliphatic heterocycles. The number of hydrogen-bond acceptors (Lipinski definition) is 4. The molecular weight excluding hydrogens is 448 g/mol. The lowest BCUT2D eigenvalue weighted by atomic mass is 9.99. The van der Waals surface area contributed by atoms with Crippen LogP contribution < -0.4 is 0 Å². The SMILES string of the molecule is CCCCCCCCCCCC(C)(C)OC(=O)/C=C/C(=O)OC(C)(C)CCCCCCCCCCC. The molecule has 0 unspecified atom stereocenters. The monoisotopic (exact) mass is 508 g/mol. The van der Waals surface area contributed by atoms with Crippen molar-refractivity contribution in [3.8, 4) is 0 Å². The Kier molecular flexibility index (Phi) is 20.9. The molecule has 0 aliphatic carbocycles. The smallest absolute Gasteiger partial charge is 0.331 e. The van der Waals surface area contributed by atoms with Crippen LogP contribution in [-0.2, 0) is 19.1 Å². The van der Waals surface area contributed by atoms with E-state index in [0.717, 1.165) is 25.7 Å². The molecule has 212 valence electrons. The largest absolute Gasteiger partial charge is 0.457 e. The van der Waals surface area contributed by atoms with Gasteiger partial charge in [0.2, 0.25) is 0 Å². The van der Waals surface area contributed by atoms with E-state index in [1.807, 2.05) is 27.7 Å². The number of carbonyl (C=O) groups is 2. The van der Waals surface area contributed by atoms with E-state index in [9.17, 15) is 9.59 Å². The molecule has 0 saturated heterocycles. The lowest BCUT2D eigenvalue weighted by molar-refractivity contribution is -0.153. The maximum absolute atomic E-state index is 12.2. The van der Waals surface area contributed by atoms with E-state index in [4.69, 9.17) is 9.47 Å². The quantitative estimate of drug-likeness (QED) is 0.0739. The minimum Gasteiger partial charge on any atom is -0.457 e. The normalized spacial score (nSPS) is 12.3. The van der Waals surface area contributed by atoms with Gasteiger partial charge in [0.25, 0.3) is 0 Å². The predicted molar refractivity (Wildman–Crippen MR) is 153 cm³/mol. The highest BCUT2D eigenvalue weighted by Crippen LogP contribution is 2.22. The van der Waals surface area contributed by atoms with Gasteiger partial charge in [-0.1, -0.05) is 117 Å². The summed E-state index contributed by atoms with van der Waals surface area (Å²) in [4.78, 5) is 24.5. The fourth-order valence-electron chi connectivity index (χ4n) is 4.57. The third-order valence-electron chi connectivity index (χ3n) is 6.87. The first-order chi connectivity index (χ1) is 17.1. The van der Waals surface area contributed by atoms with Crippen molar-refractivity contribution in [2.24, 2.45) is 0 Å². The van der Waals surface area contributed by atoms with E-state index in [1.165, 1.54) is 115 Å². The first-order valence-corrected chi connectivity index (χ1v) is 15.3. The highest BCUT2D eigenvalue weighted by atomic mass is 16.6. The van der Waals surface area contributed by atoms with Gasteiger partial charge in [0.05, 0.1) is 0 Å². The number of unbranched alkanes of at least 4 members (excludes halogenated alkanes) is 16. The lowest BCUT2D eigenvalue weighted by Crippen LogP contribution is -2.28. The maximum atomic E-state index is 12.2. The van der Waals surface area contributed by atoms with Gasteiger partial charge >= 0.3 is 11.9 Å². The Labute approximate surface area is 224 Å². The molecule has 36 heavy (non-hydrogen) atoms. The van der Waals surface area contributed by atoms with Crippen molar-refractivity contribution in [2.75, 3.05) is 0 Å². The highest BCUT2D eigenvalue weighted by Gasteiger charge is 2.23. The van der Waals surface area contributed by atoms with Gasteiger partial charge in [-0.25, -0.2) is 9.59 Å². The molecule has 0 saturated carbocycles. The number of rotatable bonds is 24. The van der Waals surface area contributed by atoms with Crippen LogP contribution in [0.5, 0.6) is 0 Å². The second-order valence-electron chi connectivity index (χ2n) is 11.9. The van der Waals surface area contributed by atoms with Gasteiger partial charge < -0.3 is 9.47 Å². The van der Waals surface area contributed by atoms with Gasteiger partial charge in [-0.15, -0.1) is 0 Å². The zero-order chi connectivity index (χ0) is 27.1. The van der Waals surface area contributed by atoms with Crippen molar-refractivity contribution in [1.29, 1.82) is 0 Å². The van der Waals surface area contributed by atoms with Crippen LogP contribution in [0.3, 0.4) is 0 Å². The van der Waals surface area contributed by atoms with E-state index in [1.54, 1.807) is 0 Å². The van der Waals surface area contributed by atoms with Gasteiger partial charge in [0.15, 0.2) is 0 Å². The minimum atomic E-state index is -0.526. The molecule has 0 radical (unpaired) electrons. The molecule has 0 aliphatic rings. The van der Waals surface area contributed by atoms with Crippen molar-refractivity contribution in [1.82, 2.24) is 0 Å². The highest BCUT2D eigenvalue weighted by molar-refractivity contribution is 5.91. The van der Waals surface area contributed by atoms with Gasteiger partial charge in [-0.2, -0.15) is 0 Å². The molecule has 0 bridgehead atoms. The lowest BCUT2D eigenvalue weighted by Gasteiger charge is -2.25. The van der Waals surface area contributed by atoms with Crippen LogP contribution in [0.25, 0.3) is 0 Å². The summed E-state index contributed by atoms with van der Waals surface area (Å²) in [5.41, 5.74) is -1.05. The molecule has 4 heteroatoms. The van der Waals surface area contributed by atoms with Crippen molar-refractivity contribution in [2.45, 2.75) is 181 Å². The number of carbonyl (C=O) groups excluding carboxylic acids is 2. The zero-order valence-corrected chi connectivity index (χ0v) is 24.9. The van der Waals surface area contributed by atoms with E-state index < -0.39 is 23.1 Å². The molecule has 0 heterocycles. The maximum Gasteiger partial charge on any atom is 0.331 e. The van der Waals surface area contributed by atoms with E-state index in [2.05, 4.69) is 13.8 Å². The predicted octanol–water partition coefficient (Wildman–Crippen LogP) is 10.0. The van der Waals surface area contributed by atoms with Crippen LogP contribution >= 0.6 is 0 Å². The Morgan fingerprint density at radius 2 is 0.722 bits per heavy atom. The Hall–Kier alpha value is -1.32. The Morgan fingerprint density at radius 1 is 0.472 bits per heavy atom. The molecule has 0 aromatic heterocycles. The summed E-state index contributed by atoms with van der Waals surface area (Å²) in [6, 6.07) is 0. The molecule has 0 fully saturated rings. The Morgan fingerprint density at radius 3 is 1.00 bits per heavy atom. The third-order valence-corrected chi connectivity index (χ3v) is 6.87. The second-order valence-corrected chi connectivity index (χ2v) is 11.9. The topological polar surface area (TPSA) is 52.6 Å². The van der Waals surface area contributed by atoms with Crippen LogP contribution in [0.15, 0.2) is 12.2 Å². The van der Waals surface area contributed by atoms with E-state index in [-0.39, 0.29) is 0 Å². The van der Waals surface area contributed by atoms with Crippen LogP contribution in [0.4, 0.5) is 0 Å². The van der Waals surface area contributed by atoms with Gasteiger partial charge in [-0.05, 0) is 53.4 Å². The van der Waals surface area contributed by atoms with Gasteiger partial charge in [-0.3, -0.25) is 0 Å². The molecule has 0 amide bonds. The molecule has 4 nitrogen and oxygen atoms in total. The van der Waals surface area contributed by atoms with Crippen molar-refractivity contribution < 1.29 is 19.1 Å². The fourth-order valence-corrected chi connectivity index (χ4v) is 4.57. The third kappa shape index (κ3) is 23.1. The summed E-state index contributed by atoms with van der Waals surface area (Å²) in [7, 11) is 0. The zero-order valence-electron chi connectivity index (χ0n) is 24.9. The summed E-state index contributed by atoms with van der Waals surface area (Å²) >= 11 is 0. The Balaban J connectivity index is 4.01. The molecular formula is C32H60O4. The first kappa shape index (κ1) is 34.7. The van der Waals surface area contributed by atoms with Gasteiger partial charge in [0, 0.05) is 12.2 Å². The molecule has 0 spiro atoms. The molecule has 0 N–H and O–H groups in total. The summed E-state index contributed by atoms with van der Waals surface area (Å²) in [6.07, 6.45) is 27.0. The van der Waals surface area contributed by atoms with Crippen LogP contribution in [0, 0.1) is 0 Å². The first-order valence-electron chi connectivity index (χ1n) is 15.3.